The Labute approximate surface area is 172 Å². The third-order valence-electron chi connectivity index (χ3n) is 5.44. The van der Waals surface area contributed by atoms with Crippen LogP contribution in [-0.2, 0) is 11.3 Å². The molecule has 3 rings (SSSR count). The Hall–Kier alpha value is -2.14. The molecule has 1 saturated heterocycles. The van der Waals surface area contributed by atoms with Crippen molar-refractivity contribution in [3.8, 4) is 11.5 Å². The van der Waals surface area contributed by atoms with Crippen molar-refractivity contribution in [2.24, 2.45) is 0 Å². The quantitative estimate of drug-likeness (QED) is 0.453. The molecule has 0 aromatic heterocycles. The van der Waals surface area contributed by atoms with Gasteiger partial charge in [0, 0.05) is 5.92 Å². The summed E-state index contributed by atoms with van der Waals surface area (Å²) in [7, 11) is 0. The van der Waals surface area contributed by atoms with Gasteiger partial charge in [-0.3, -0.25) is 0 Å². The van der Waals surface area contributed by atoms with E-state index >= 15 is 0 Å². The SMILES string of the molecule is CCCCOc1ccc(OCc2ccc(C3CCC(CC)OC3)cc2)c(F)c1F. The van der Waals surface area contributed by atoms with E-state index in [1.54, 1.807) is 0 Å². The van der Waals surface area contributed by atoms with Gasteiger partial charge >= 0.3 is 0 Å². The van der Waals surface area contributed by atoms with Gasteiger partial charge in [-0.25, -0.2) is 0 Å². The lowest BCUT2D eigenvalue weighted by atomic mass is 9.90. The monoisotopic (exact) mass is 404 g/mol. The first-order valence-corrected chi connectivity index (χ1v) is 10.6. The first-order chi connectivity index (χ1) is 14.1. The molecular weight excluding hydrogens is 374 g/mol. The Kier molecular flexibility index (Phi) is 7.87. The topological polar surface area (TPSA) is 27.7 Å². The van der Waals surface area contributed by atoms with E-state index < -0.39 is 11.6 Å². The fraction of sp³-hybridized carbons (Fsp3) is 0.500. The zero-order valence-corrected chi connectivity index (χ0v) is 17.3. The summed E-state index contributed by atoms with van der Waals surface area (Å²) in [6, 6.07) is 10.9. The Morgan fingerprint density at radius 2 is 1.62 bits per heavy atom. The maximum atomic E-state index is 14.2. The van der Waals surface area contributed by atoms with Crippen molar-refractivity contribution < 1.29 is 23.0 Å². The summed E-state index contributed by atoms with van der Waals surface area (Å²) in [5, 5.41) is 0. The van der Waals surface area contributed by atoms with Crippen LogP contribution in [-0.4, -0.2) is 19.3 Å². The standard InChI is InChI=1S/C24H30F2O3/c1-3-5-14-27-21-12-13-22(24(26)23(21)25)29-15-17-6-8-18(9-7-17)19-10-11-20(4-2)28-16-19/h6-9,12-13,19-20H,3-5,10-11,14-16H2,1-2H3. The molecule has 2 atom stereocenters. The normalized spacial score (nSPS) is 19.2. The average Bonchev–Trinajstić information content (AvgIpc) is 2.77. The molecule has 0 saturated carbocycles. The molecule has 1 heterocycles. The highest BCUT2D eigenvalue weighted by Crippen LogP contribution is 2.30. The van der Waals surface area contributed by atoms with E-state index in [1.807, 2.05) is 19.1 Å². The third kappa shape index (κ3) is 5.69. The molecule has 0 N–H and O–H groups in total. The van der Waals surface area contributed by atoms with Crippen molar-refractivity contribution in [1.29, 1.82) is 0 Å². The molecule has 2 aromatic carbocycles. The van der Waals surface area contributed by atoms with Crippen LogP contribution in [0.4, 0.5) is 8.78 Å². The van der Waals surface area contributed by atoms with Crippen molar-refractivity contribution in [2.75, 3.05) is 13.2 Å². The van der Waals surface area contributed by atoms with Crippen LogP contribution in [0.1, 0.15) is 63.0 Å². The molecule has 0 bridgehead atoms. The number of unbranched alkanes of at least 4 members (excludes halogenated alkanes) is 1. The lowest BCUT2D eigenvalue weighted by molar-refractivity contribution is 0.00203. The maximum Gasteiger partial charge on any atom is 0.204 e. The molecule has 1 aliphatic rings. The van der Waals surface area contributed by atoms with E-state index in [9.17, 15) is 8.78 Å². The minimum atomic E-state index is -1.01. The number of benzene rings is 2. The molecule has 3 nitrogen and oxygen atoms in total. The summed E-state index contributed by atoms with van der Waals surface area (Å²) in [4.78, 5) is 0. The average molecular weight is 404 g/mol. The van der Waals surface area contributed by atoms with Crippen LogP contribution in [0, 0.1) is 11.6 Å². The van der Waals surface area contributed by atoms with Gasteiger partial charge in [-0.1, -0.05) is 44.5 Å². The summed E-state index contributed by atoms with van der Waals surface area (Å²) in [5.74, 6) is -1.79. The zero-order valence-electron chi connectivity index (χ0n) is 17.3. The molecule has 0 radical (unpaired) electrons. The van der Waals surface area contributed by atoms with Crippen LogP contribution in [0.25, 0.3) is 0 Å². The highest BCUT2D eigenvalue weighted by atomic mass is 19.2. The minimum Gasteiger partial charge on any atom is -0.490 e. The molecule has 0 aliphatic carbocycles. The number of ether oxygens (including phenoxy) is 3. The van der Waals surface area contributed by atoms with Crippen LogP contribution in [0.15, 0.2) is 36.4 Å². The van der Waals surface area contributed by atoms with Gasteiger partial charge in [-0.2, -0.15) is 8.78 Å². The smallest absolute Gasteiger partial charge is 0.204 e. The lowest BCUT2D eigenvalue weighted by Gasteiger charge is -2.28. The summed E-state index contributed by atoms with van der Waals surface area (Å²) in [6.07, 6.45) is 5.39. The molecule has 1 fully saturated rings. The predicted octanol–water partition coefficient (Wildman–Crippen LogP) is 6.40. The Bertz CT molecular complexity index is 768. The van der Waals surface area contributed by atoms with E-state index in [0.29, 0.717) is 18.6 Å². The van der Waals surface area contributed by atoms with E-state index in [1.165, 1.54) is 17.7 Å². The van der Waals surface area contributed by atoms with Crippen LogP contribution in [0.2, 0.25) is 0 Å². The summed E-state index contributed by atoms with van der Waals surface area (Å²) >= 11 is 0. The lowest BCUT2D eigenvalue weighted by Crippen LogP contribution is -2.24. The number of hydrogen-bond acceptors (Lipinski definition) is 3. The second-order valence-electron chi connectivity index (χ2n) is 7.56. The zero-order chi connectivity index (χ0) is 20.6. The van der Waals surface area contributed by atoms with Crippen LogP contribution in [0.3, 0.4) is 0 Å². The molecule has 29 heavy (non-hydrogen) atoms. The first-order valence-electron chi connectivity index (χ1n) is 10.6. The van der Waals surface area contributed by atoms with E-state index in [0.717, 1.165) is 44.3 Å². The molecular formula is C24H30F2O3. The van der Waals surface area contributed by atoms with Gasteiger partial charge in [0.2, 0.25) is 11.6 Å². The van der Waals surface area contributed by atoms with Gasteiger partial charge in [-0.15, -0.1) is 0 Å². The summed E-state index contributed by atoms with van der Waals surface area (Å²) in [6.45, 7) is 5.46. The van der Waals surface area contributed by atoms with Crippen molar-refractivity contribution in [1.82, 2.24) is 0 Å². The largest absolute Gasteiger partial charge is 0.490 e. The van der Waals surface area contributed by atoms with Gasteiger partial charge < -0.3 is 14.2 Å². The maximum absolute atomic E-state index is 14.2. The molecule has 5 heteroatoms. The predicted molar refractivity (Wildman–Crippen MR) is 110 cm³/mol. The highest BCUT2D eigenvalue weighted by Gasteiger charge is 2.21. The van der Waals surface area contributed by atoms with Crippen LogP contribution >= 0.6 is 0 Å². The Morgan fingerprint density at radius 1 is 0.931 bits per heavy atom. The van der Waals surface area contributed by atoms with Crippen molar-refractivity contribution in [2.45, 2.75) is 64.6 Å². The third-order valence-corrected chi connectivity index (χ3v) is 5.44. The van der Waals surface area contributed by atoms with Gasteiger partial charge in [0.25, 0.3) is 0 Å². The fourth-order valence-corrected chi connectivity index (χ4v) is 3.50. The molecule has 1 aliphatic heterocycles. The first kappa shape index (κ1) is 21.6. The van der Waals surface area contributed by atoms with Crippen molar-refractivity contribution in [3.05, 3.63) is 59.2 Å². The molecule has 0 spiro atoms. The summed E-state index contributed by atoms with van der Waals surface area (Å²) in [5.41, 5.74) is 2.15. The van der Waals surface area contributed by atoms with Gasteiger partial charge in [0.1, 0.15) is 6.61 Å². The second-order valence-corrected chi connectivity index (χ2v) is 7.56. The fourth-order valence-electron chi connectivity index (χ4n) is 3.50. The summed E-state index contributed by atoms with van der Waals surface area (Å²) < 4.78 is 45.0. The highest BCUT2D eigenvalue weighted by molar-refractivity contribution is 5.35. The number of hydrogen-bond donors (Lipinski definition) is 0. The minimum absolute atomic E-state index is 0.0762. The van der Waals surface area contributed by atoms with Crippen LogP contribution in [0.5, 0.6) is 11.5 Å². The molecule has 0 amide bonds. The Morgan fingerprint density at radius 3 is 2.21 bits per heavy atom. The van der Waals surface area contributed by atoms with Gasteiger partial charge in [0.15, 0.2) is 11.5 Å². The molecule has 158 valence electrons. The number of rotatable bonds is 9. The van der Waals surface area contributed by atoms with Crippen LogP contribution < -0.4 is 9.47 Å². The van der Waals surface area contributed by atoms with Gasteiger partial charge in [0.05, 0.1) is 19.3 Å². The van der Waals surface area contributed by atoms with Crippen molar-refractivity contribution in [3.63, 3.8) is 0 Å². The van der Waals surface area contributed by atoms with E-state index in [-0.39, 0.29) is 18.1 Å². The second kappa shape index (κ2) is 10.6. The molecule has 2 aromatic rings. The van der Waals surface area contributed by atoms with E-state index in [4.69, 9.17) is 14.2 Å². The molecule has 2 unspecified atom stereocenters. The van der Waals surface area contributed by atoms with Gasteiger partial charge in [-0.05, 0) is 48.9 Å². The number of halogens is 2. The van der Waals surface area contributed by atoms with E-state index in [2.05, 4.69) is 19.1 Å². The Balaban J connectivity index is 1.55. The van der Waals surface area contributed by atoms with Crippen molar-refractivity contribution >= 4 is 0 Å².